The molecule has 0 spiro atoms. The summed E-state index contributed by atoms with van der Waals surface area (Å²) in [6.45, 7) is 8.20. The zero-order valence-corrected chi connectivity index (χ0v) is 10.9. The van der Waals surface area contributed by atoms with Gasteiger partial charge in [-0.15, -0.1) is 10.2 Å². The summed E-state index contributed by atoms with van der Waals surface area (Å²) in [5.41, 5.74) is 0.0848. The highest BCUT2D eigenvalue weighted by molar-refractivity contribution is 7.15. The normalized spacial score (nSPS) is 21.3. The Kier molecular flexibility index (Phi) is 3.44. The van der Waals surface area contributed by atoms with E-state index in [0.717, 1.165) is 29.7 Å². The van der Waals surface area contributed by atoms with Gasteiger partial charge in [0.2, 0.25) is 5.13 Å². The molecule has 1 aromatic rings. The number of aromatic nitrogens is 2. The molecule has 2 heterocycles. The van der Waals surface area contributed by atoms with E-state index in [1.54, 1.807) is 11.3 Å². The first kappa shape index (κ1) is 11.8. The quantitative estimate of drug-likeness (QED) is 0.883. The van der Waals surface area contributed by atoms with Gasteiger partial charge in [0.25, 0.3) is 0 Å². The number of hydrogen-bond donors (Lipinski definition) is 1. The van der Waals surface area contributed by atoms with Gasteiger partial charge < -0.3 is 10.1 Å². The van der Waals surface area contributed by atoms with Gasteiger partial charge in [0, 0.05) is 18.6 Å². The van der Waals surface area contributed by atoms with Crippen LogP contribution >= 0.6 is 11.3 Å². The van der Waals surface area contributed by atoms with Gasteiger partial charge in [-0.1, -0.05) is 32.1 Å². The van der Waals surface area contributed by atoms with E-state index in [2.05, 4.69) is 36.3 Å². The second kappa shape index (κ2) is 4.67. The topological polar surface area (TPSA) is 47.0 Å². The standard InChI is InChI=1S/C11H19N3OS/c1-11(2,3)9-13-14-10(16-9)12-7-8-5-4-6-15-8/h8H,4-7H2,1-3H3,(H,12,14). The summed E-state index contributed by atoms with van der Waals surface area (Å²) in [5, 5.41) is 13.6. The molecule has 2 rings (SSSR count). The number of nitrogens with zero attached hydrogens (tertiary/aromatic N) is 2. The summed E-state index contributed by atoms with van der Waals surface area (Å²) in [6.07, 6.45) is 2.68. The molecule has 90 valence electrons. The van der Waals surface area contributed by atoms with Crippen LogP contribution in [0.25, 0.3) is 0 Å². The van der Waals surface area contributed by atoms with Crippen molar-refractivity contribution >= 4 is 16.5 Å². The van der Waals surface area contributed by atoms with Gasteiger partial charge >= 0.3 is 0 Å². The van der Waals surface area contributed by atoms with Gasteiger partial charge in [-0.25, -0.2) is 0 Å². The first-order chi connectivity index (χ1) is 7.55. The highest BCUT2D eigenvalue weighted by Crippen LogP contribution is 2.27. The maximum absolute atomic E-state index is 5.54. The first-order valence-corrected chi connectivity index (χ1v) is 6.57. The Morgan fingerprint density at radius 3 is 2.81 bits per heavy atom. The Hall–Kier alpha value is -0.680. The molecule has 5 heteroatoms. The van der Waals surface area contributed by atoms with Crippen LogP contribution in [-0.4, -0.2) is 29.5 Å². The summed E-state index contributed by atoms with van der Waals surface area (Å²) < 4.78 is 5.54. The summed E-state index contributed by atoms with van der Waals surface area (Å²) in [7, 11) is 0. The van der Waals surface area contributed by atoms with Crippen LogP contribution in [0.3, 0.4) is 0 Å². The van der Waals surface area contributed by atoms with Gasteiger partial charge in [-0.05, 0) is 12.8 Å². The van der Waals surface area contributed by atoms with Crippen LogP contribution in [0, 0.1) is 0 Å². The molecule has 0 radical (unpaired) electrons. The molecular weight excluding hydrogens is 222 g/mol. The largest absolute Gasteiger partial charge is 0.376 e. The molecule has 0 amide bonds. The number of hydrogen-bond acceptors (Lipinski definition) is 5. The summed E-state index contributed by atoms with van der Waals surface area (Å²) in [6, 6.07) is 0. The molecule has 0 saturated carbocycles. The molecule has 16 heavy (non-hydrogen) atoms. The second-order valence-corrected chi connectivity index (χ2v) is 6.16. The van der Waals surface area contributed by atoms with Crippen LogP contribution in [0.4, 0.5) is 5.13 Å². The minimum absolute atomic E-state index is 0.0848. The number of ether oxygens (including phenoxy) is 1. The van der Waals surface area contributed by atoms with Gasteiger partial charge in [0.05, 0.1) is 6.10 Å². The van der Waals surface area contributed by atoms with Crippen molar-refractivity contribution < 1.29 is 4.74 Å². The zero-order valence-electron chi connectivity index (χ0n) is 10.1. The fraction of sp³-hybridized carbons (Fsp3) is 0.818. The zero-order chi connectivity index (χ0) is 11.6. The summed E-state index contributed by atoms with van der Waals surface area (Å²) in [4.78, 5) is 0. The van der Waals surface area contributed by atoms with Crippen LogP contribution in [0.2, 0.25) is 0 Å². The minimum Gasteiger partial charge on any atom is -0.376 e. The third-order valence-electron chi connectivity index (χ3n) is 2.57. The fourth-order valence-electron chi connectivity index (χ4n) is 1.60. The number of nitrogens with one attached hydrogen (secondary N) is 1. The van der Waals surface area contributed by atoms with Crippen molar-refractivity contribution in [3.63, 3.8) is 0 Å². The lowest BCUT2D eigenvalue weighted by Gasteiger charge is -2.12. The van der Waals surface area contributed by atoms with Crippen molar-refractivity contribution in [2.45, 2.75) is 45.1 Å². The Labute approximate surface area is 100 Å². The molecule has 1 atom stereocenters. The van der Waals surface area contributed by atoms with Crippen LogP contribution in [-0.2, 0) is 10.2 Å². The molecule has 0 aliphatic carbocycles. The van der Waals surface area contributed by atoms with Gasteiger partial charge in [-0.3, -0.25) is 0 Å². The third-order valence-corrected chi connectivity index (χ3v) is 3.88. The van der Waals surface area contributed by atoms with Crippen molar-refractivity contribution in [3.05, 3.63) is 5.01 Å². The minimum atomic E-state index is 0.0848. The van der Waals surface area contributed by atoms with E-state index in [4.69, 9.17) is 4.74 Å². The highest BCUT2D eigenvalue weighted by atomic mass is 32.1. The Morgan fingerprint density at radius 1 is 1.44 bits per heavy atom. The first-order valence-electron chi connectivity index (χ1n) is 5.75. The van der Waals surface area contributed by atoms with E-state index < -0.39 is 0 Å². The van der Waals surface area contributed by atoms with Gasteiger partial charge in [0.1, 0.15) is 5.01 Å². The van der Waals surface area contributed by atoms with E-state index in [-0.39, 0.29) is 5.41 Å². The maximum Gasteiger partial charge on any atom is 0.205 e. The van der Waals surface area contributed by atoms with E-state index in [1.807, 2.05) is 0 Å². The average molecular weight is 241 g/mol. The molecule has 1 saturated heterocycles. The molecule has 1 aliphatic rings. The van der Waals surface area contributed by atoms with Gasteiger partial charge in [-0.2, -0.15) is 0 Å². The van der Waals surface area contributed by atoms with Crippen LogP contribution in [0.1, 0.15) is 38.6 Å². The number of rotatable bonds is 3. The van der Waals surface area contributed by atoms with E-state index in [9.17, 15) is 0 Å². The van der Waals surface area contributed by atoms with Crippen LogP contribution in [0.15, 0.2) is 0 Å². The molecule has 4 nitrogen and oxygen atoms in total. The van der Waals surface area contributed by atoms with Crippen molar-refractivity contribution in [2.75, 3.05) is 18.5 Å². The third kappa shape index (κ3) is 2.92. The molecule has 1 unspecified atom stereocenters. The molecular formula is C11H19N3OS. The smallest absolute Gasteiger partial charge is 0.205 e. The molecule has 1 aromatic heterocycles. The van der Waals surface area contributed by atoms with E-state index >= 15 is 0 Å². The lowest BCUT2D eigenvalue weighted by molar-refractivity contribution is 0.120. The predicted octanol–water partition coefficient (Wildman–Crippen LogP) is 2.43. The Balaban J connectivity index is 1.87. The molecule has 1 fully saturated rings. The van der Waals surface area contributed by atoms with Crippen molar-refractivity contribution in [1.82, 2.24) is 10.2 Å². The highest BCUT2D eigenvalue weighted by Gasteiger charge is 2.20. The lowest BCUT2D eigenvalue weighted by Crippen LogP contribution is -2.18. The maximum atomic E-state index is 5.54. The molecule has 1 aliphatic heterocycles. The van der Waals surface area contributed by atoms with E-state index in [1.165, 1.54) is 6.42 Å². The van der Waals surface area contributed by atoms with Crippen molar-refractivity contribution in [1.29, 1.82) is 0 Å². The summed E-state index contributed by atoms with van der Waals surface area (Å²) in [5.74, 6) is 0. The van der Waals surface area contributed by atoms with E-state index in [0.29, 0.717) is 6.10 Å². The summed E-state index contributed by atoms with van der Waals surface area (Å²) >= 11 is 1.63. The average Bonchev–Trinajstić information content (AvgIpc) is 2.85. The van der Waals surface area contributed by atoms with Crippen molar-refractivity contribution in [3.8, 4) is 0 Å². The monoisotopic (exact) mass is 241 g/mol. The predicted molar refractivity (Wildman–Crippen MR) is 66.1 cm³/mol. The molecule has 1 N–H and O–H groups in total. The number of anilines is 1. The SMILES string of the molecule is CC(C)(C)c1nnc(NCC2CCCO2)s1. The Bertz CT molecular complexity index is 339. The second-order valence-electron chi connectivity index (χ2n) is 5.18. The Morgan fingerprint density at radius 2 is 2.25 bits per heavy atom. The van der Waals surface area contributed by atoms with Gasteiger partial charge in [0.15, 0.2) is 0 Å². The van der Waals surface area contributed by atoms with Crippen LogP contribution in [0.5, 0.6) is 0 Å². The fourth-order valence-corrected chi connectivity index (χ4v) is 2.41. The molecule has 0 bridgehead atoms. The van der Waals surface area contributed by atoms with Crippen molar-refractivity contribution in [2.24, 2.45) is 0 Å². The van der Waals surface area contributed by atoms with Crippen LogP contribution < -0.4 is 5.32 Å². The molecule has 0 aromatic carbocycles. The lowest BCUT2D eigenvalue weighted by atomic mass is 9.98.